The first-order chi connectivity index (χ1) is 15.8. The molecule has 1 aliphatic rings. The number of hydrogen-bond donors (Lipinski definition) is 0. The van der Waals surface area contributed by atoms with Crippen molar-refractivity contribution in [2.75, 3.05) is 16.3 Å². The lowest BCUT2D eigenvalue weighted by Gasteiger charge is -2.24. The van der Waals surface area contributed by atoms with Gasteiger partial charge in [-0.25, -0.2) is 4.79 Å². The van der Waals surface area contributed by atoms with Gasteiger partial charge in [0.15, 0.2) is 0 Å². The second-order valence-corrected chi connectivity index (χ2v) is 8.19. The second-order valence-electron chi connectivity index (χ2n) is 7.75. The van der Waals surface area contributed by atoms with Gasteiger partial charge in [-0.2, -0.15) is 8.78 Å². The summed E-state index contributed by atoms with van der Waals surface area (Å²) in [5, 5.41) is 0.560. The minimum atomic E-state index is -2.91. The molecule has 174 valence electrons. The molecule has 2 amide bonds. The number of alkyl halides is 2. The van der Waals surface area contributed by atoms with E-state index in [9.17, 15) is 13.6 Å². The zero-order valence-electron chi connectivity index (χ0n) is 18.8. The number of ether oxygens (including phenoxy) is 1. The van der Waals surface area contributed by atoms with Gasteiger partial charge in [0.1, 0.15) is 5.75 Å². The molecular weight excluding hydrogens is 446 g/mol. The number of benzene rings is 3. The Morgan fingerprint density at radius 2 is 1.61 bits per heavy atom. The van der Waals surface area contributed by atoms with Gasteiger partial charge in [0, 0.05) is 16.4 Å². The largest absolute Gasteiger partial charge is 0.435 e. The molecule has 1 unspecified atom stereocenters. The van der Waals surface area contributed by atoms with Crippen molar-refractivity contribution in [2.24, 2.45) is 0 Å². The molecule has 0 spiro atoms. The first kappa shape index (κ1) is 24.5. The fourth-order valence-electron chi connectivity index (χ4n) is 3.58. The predicted molar refractivity (Wildman–Crippen MR) is 130 cm³/mol. The molecule has 0 aromatic heterocycles. The molecule has 1 saturated heterocycles. The summed E-state index contributed by atoms with van der Waals surface area (Å²) < 4.78 is 29.9. The molecule has 7 heteroatoms. The minimum absolute atomic E-state index is 0.0554. The van der Waals surface area contributed by atoms with E-state index in [4.69, 9.17) is 11.6 Å². The molecule has 1 fully saturated rings. The van der Waals surface area contributed by atoms with Crippen LogP contribution in [0.15, 0.2) is 72.8 Å². The first-order valence-electron chi connectivity index (χ1n) is 10.8. The van der Waals surface area contributed by atoms with Gasteiger partial charge in [-0.15, -0.1) is 0 Å². The highest BCUT2D eigenvalue weighted by Crippen LogP contribution is 2.38. The quantitative estimate of drug-likeness (QED) is 0.378. The zero-order valence-corrected chi connectivity index (χ0v) is 19.6. The van der Waals surface area contributed by atoms with Crippen LogP contribution in [0.3, 0.4) is 0 Å². The standard InChI is InChI=1S/C23H19ClF2N2O2.C3H8/c1-15-5-9-18(10-6-15)27-14-21(16-3-2-4-20(13-16)30-22(25)26)28(23(27)29)19-11-7-17(24)8-12-19;1-3-2/h2-13,21-22H,14H2,1H3;3H2,1-2H3. The van der Waals surface area contributed by atoms with Crippen molar-refractivity contribution in [3.63, 3.8) is 0 Å². The van der Waals surface area contributed by atoms with E-state index in [0.717, 1.165) is 11.3 Å². The van der Waals surface area contributed by atoms with E-state index in [2.05, 4.69) is 18.6 Å². The van der Waals surface area contributed by atoms with Crippen LogP contribution in [-0.4, -0.2) is 19.2 Å². The molecule has 1 heterocycles. The van der Waals surface area contributed by atoms with Crippen LogP contribution in [0.2, 0.25) is 5.02 Å². The molecule has 1 aliphatic heterocycles. The van der Waals surface area contributed by atoms with Crippen molar-refractivity contribution in [2.45, 2.75) is 39.8 Å². The molecule has 4 nitrogen and oxygen atoms in total. The van der Waals surface area contributed by atoms with Crippen LogP contribution in [0.4, 0.5) is 25.0 Å². The summed E-state index contributed by atoms with van der Waals surface area (Å²) in [5.74, 6) is 0.0554. The van der Waals surface area contributed by atoms with Gasteiger partial charge in [-0.1, -0.05) is 61.7 Å². The summed E-state index contributed by atoms with van der Waals surface area (Å²) in [4.78, 5) is 16.7. The Morgan fingerprint density at radius 3 is 2.21 bits per heavy atom. The molecule has 4 rings (SSSR count). The Bertz CT molecular complexity index is 1060. The maximum Gasteiger partial charge on any atom is 0.387 e. The van der Waals surface area contributed by atoms with Gasteiger partial charge < -0.3 is 4.74 Å². The highest BCUT2D eigenvalue weighted by atomic mass is 35.5. The smallest absolute Gasteiger partial charge is 0.387 e. The Morgan fingerprint density at radius 1 is 1.00 bits per heavy atom. The zero-order chi connectivity index (χ0) is 24.0. The number of hydrogen-bond acceptors (Lipinski definition) is 2. The Balaban J connectivity index is 0.000000968. The van der Waals surface area contributed by atoms with Crippen molar-refractivity contribution in [3.8, 4) is 5.75 Å². The number of rotatable bonds is 5. The maximum absolute atomic E-state index is 13.4. The SMILES string of the molecule is CCC.Cc1ccc(N2CC(c3cccc(OC(F)F)c3)N(c3ccc(Cl)cc3)C2=O)cc1. The molecule has 0 radical (unpaired) electrons. The van der Waals surface area contributed by atoms with Crippen molar-refractivity contribution < 1.29 is 18.3 Å². The highest BCUT2D eigenvalue weighted by Gasteiger charge is 2.40. The Hall–Kier alpha value is -3.12. The van der Waals surface area contributed by atoms with Gasteiger partial charge in [0.2, 0.25) is 0 Å². The van der Waals surface area contributed by atoms with Crippen molar-refractivity contribution in [1.82, 2.24) is 0 Å². The molecule has 0 bridgehead atoms. The fourth-order valence-corrected chi connectivity index (χ4v) is 3.71. The van der Waals surface area contributed by atoms with E-state index in [0.29, 0.717) is 22.8 Å². The van der Waals surface area contributed by atoms with E-state index >= 15 is 0 Å². The summed E-state index contributed by atoms with van der Waals surface area (Å²) >= 11 is 6.02. The maximum atomic E-state index is 13.4. The predicted octanol–water partition coefficient (Wildman–Crippen LogP) is 7.85. The third kappa shape index (κ3) is 6.02. The normalized spacial score (nSPS) is 15.5. The Kier molecular flexibility index (Phi) is 8.28. The molecule has 3 aromatic rings. The number of carbonyl (C=O) groups excluding carboxylic acids is 1. The molecule has 33 heavy (non-hydrogen) atoms. The summed E-state index contributed by atoms with van der Waals surface area (Å²) in [6.45, 7) is 3.68. The molecular formula is C26H27ClF2N2O2. The number of carbonyl (C=O) groups is 1. The first-order valence-corrected chi connectivity index (χ1v) is 11.2. The lowest BCUT2D eigenvalue weighted by atomic mass is 10.1. The van der Waals surface area contributed by atoms with Crippen molar-refractivity contribution in [3.05, 3.63) is 88.9 Å². The number of aryl methyl sites for hydroxylation is 1. The van der Waals surface area contributed by atoms with Gasteiger partial charge in [0.05, 0.1) is 12.6 Å². The summed E-state index contributed by atoms with van der Waals surface area (Å²) in [6.07, 6.45) is 1.25. The highest BCUT2D eigenvalue weighted by molar-refractivity contribution is 6.30. The van der Waals surface area contributed by atoms with Crippen LogP contribution in [0.1, 0.15) is 37.4 Å². The summed E-state index contributed by atoms with van der Waals surface area (Å²) in [7, 11) is 0. The van der Waals surface area contributed by atoms with Gasteiger partial charge in [-0.05, 0) is 61.0 Å². The van der Waals surface area contributed by atoms with Crippen LogP contribution in [0.5, 0.6) is 5.75 Å². The fraction of sp³-hybridized carbons (Fsp3) is 0.269. The van der Waals surface area contributed by atoms with Crippen LogP contribution in [0, 0.1) is 6.92 Å². The van der Waals surface area contributed by atoms with E-state index < -0.39 is 6.61 Å². The van der Waals surface area contributed by atoms with Gasteiger partial charge in [0.25, 0.3) is 0 Å². The second kappa shape index (κ2) is 11.1. The lowest BCUT2D eigenvalue weighted by Crippen LogP contribution is -2.32. The number of urea groups is 1. The van der Waals surface area contributed by atoms with Crippen LogP contribution in [0.25, 0.3) is 0 Å². The van der Waals surface area contributed by atoms with E-state index in [1.54, 1.807) is 52.3 Å². The number of nitrogens with zero attached hydrogens (tertiary/aromatic N) is 2. The molecule has 0 N–H and O–H groups in total. The third-order valence-corrected chi connectivity index (χ3v) is 5.27. The van der Waals surface area contributed by atoms with Crippen LogP contribution < -0.4 is 14.5 Å². The topological polar surface area (TPSA) is 32.8 Å². The van der Waals surface area contributed by atoms with Crippen LogP contribution in [-0.2, 0) is 0 Å². The lowest BCUT2D eigenvalue weighted by molar-refractivity contribution is -0.0498. The van der Waals surface area contributed by atoms with Crippen molar-refractivity contribution >= 4 is 29.0 Å². The molecule has 0 aliphatic carbocycles. The van der Waals surface area contributed by atoms with E-state index in [1.807, 2.05) is 31.2 Å². The van der Waals surface area contributed by atoms with Gasteiger partial charge in [-0.3, -0.25) is 9.80 Å². The summed E-state index contributed by atoms with van der Waals surface area (Å²) in [5.41, 5.74) is 3.23. The van der Waals surface area contributed by atoms with Gasteiger partial charge >= 0.3 is 12.6 Å². The van der Waals surface area contributed by atoms with Crippen LogP contribution >= 0.6 is 11.6 Å². The average molecular weight is 473 g/mol. The molecule has 0 saturated carbocycles. The number of amides is 2. The monoisotopic (exact) mass is 472 g/mol. The van der Waals surface area contributed by atoms with Crippen molar-refractivity contribution in [1.29, 1.82) is 0 Å². The number of halogens is 3. The molecule has 3 aromatic carbocycles. The van der Waals surface area contributed by atoms with E-state index in [1.165, 1.54) is 12.5 Å². The number of anilines is 2. The minimum Gasteiger partial charge on any atom is -0.435 e. The summed E-state index contributed by atoms with van der Waals surface area (Å²) in [6, 6.07) is 20.5. The Labute approximate surface area is 198 Å². The van der Waals surface area contributed by atoms with E-state index in [-0.39, 0.29) is 17.8 Å². The molecule has 1 atom stereocenters. The third-order valence-electron chi connectivity index (χ3n) is 5.02. The average Bonchev–Trinajstić information content (AvgIpc) is 3.12.